The Morgan fingerprint density at radius 3 is 2.94 bits per heavy atom. The molecule has 1 rings (SSSR count). The molecule has 1 atom stereocenters. The van der Waals surface area contributed by atoms with Crippen molar-refractivity contribution in [2.45, 2.75) is 12.5 Å². The lowest BCUT2D eigenvalue weighted by Crippen LogP contribution is -2.43. The summed E-state index contributed by atoms with van der Waals surface area (Å²) in [4.78, 5) is 15.5. The van der Waals surface area contributed by atoms with Crippen LogP contribution in [0.5, 0.6) is 0 Å². The Kier molecular flexibility index (Phi) is 4.88. The average molecular weight is 324 g/mol. The summed E-state index contributed by atoms with van der Waals surface area (Å²) in [6.07, 6.45) is 1.48. The number of carbonyl (C=O) groups excluding carboxylic acids is 1. The zero-order valence-electron chi connectivity index (χ0n) is 9.07. The second-order valence-electron chi connectivity index (χ2n) is 3.83. The Morgan fingerprint density at radius 2 is 2.35 bits per heavy atom. The van der Waals surface area contributed by atoms with Crippen molar-refractivity contribution in [2.75, 3.05) is 13.2 Å². The summed E-state index contributed by atoms with van der Waals surface area (Å²) in [7, 11) is 0. The zero-order valence-corrected chi connectivity index (χ0v) is 11.4. The first-order chi connectivity index (χ1) is 7.85. The number of amides is 1. The topological polar surface area (TPSA) is 82.5 Å². The van der Waals surface area contributed by atoms with E-state index >= 15 is 0 Å². The maximum Gasteiger partial charge on any atom is 0.254 e. The Balaban J connectivity index is 2.74. The summed E-state index contributed by atoms with van der Waals surface area (Å²) in [5.41, 5.74) is -1.16. The van der Waals surface area contributed by atoms with Crippen molar-refractivity contribution in [3.05, 3.63) is 27.5 Å². The second-order valence-corrected chi connectivity index (χ2v) is 5.10. The number of carbonyl (C=O) groups is 1. The number of pyridine rings is 1. The smallest absolute Gasteiger partial charge is 0.254 e. The highest BCUT2D eigenvalue weighted by atomic mass is 79.9. The van der Waals surface area contributed by atoms with Crippen LogP contribution in [0.15, 0.2) is 16.7 Å². The third kappa shape index (κ3) is 4.23. The van der Waals surface area contributed by atoms with E-state index in [9.17, 15) is 9.90 Å². The predicted octanol–water partition coefficient (Wildman–Crippen LogP) is 0.971. The van der Waals surface area contributed by atoms with Gasteiger partial charge in [-0.2, -0.15) is 0 Å². The lowest BCUT2D eigenvalue weighted by atomic mass is 10.1. The maximum atomic E-state index is 11.7. The van der Waals surface area contributed by atoms with Crippen LogP contribution in [0.2, 0.25) is 5.15 Å². The lowest BCUT2D eigenvalue weighted by Gasteiger charge is -2.20. The van der Waals surface area contributed by atoms with E-state index in [-0.39, 0.29) is 17.3 Å². The van der Waals surface area contributed by atoms with Crippen molar-refractivity contribution in [3.63, 3.8) is 0 Å². The molecule has 0 aliphatic rings. The maximum absolute atomic E-state index is 11.7. The minimum atomic E-state index is -1.36. The molecule has 1 aromatic heterocycles. The van der Waals surface area contributed by atoms with Gasteiger partial charge in [0.1, 0.15) is 10.8 Å². The molecule has 0 saturated heterocycles. The fourth-order valence-corrected chi connectivity index (χ4v) is 1.52. The van der Waals surface area contributed by atoms with Gasteiger partial charge in [-0.3, -0.25) is 4.79 Å². The molecular weight excluding hydrogens is 311 g/mol. The van der Waals surface area contributed by atoms with Gasteiger partial charge < -0.3 is 15.5 Å². The first-order valence-electron chi connectivity index (χ1n) is 4.78. The van der Waals surface area contributed by atoms with E-state index in [0.717, 1.165) is 0 Å². The van der Waals surface area contributed by atoms with Crippen LogP contribution in [0.3, 0.4) is 0 Å². The highest BCUT2D eigenvalue weighted by Gasteiger charge is 2.21. The van der Waals surface area contributed by atoms with Crippen LogP contribution in [0.4, 0.5) is 0 Å². The molecule has 3 N–H and O–H groups in total. The van der Waals surface area contributed by atoms with Gasteiger partial charge in [0.15, 0.2) is 0 Å². The normalized spacial score (nSPS) is 14.2. The van der Waals surface area contributed by atoms with Gasteiger partial charge >= 0.3 is 0 Å². The molecule has 5 nitrogen and oxygen atoms in total. The molecule has 1 aromatic rings. The molecular formula is C10H12BrClN2O3. The quantitative estimate of drug-likeness (QED) is 0.721. The molecule has 1 unspecified atom stereocenters. The fourth-order valence-electron chi connectivity index (χ4n) is 1.00. The Labute approximate surface area is 112 Å². The summed E-state index contributed by atoms with van der Waals surface area (Å²) < 4.78 is 0.626. The van der Waals surface area contributed by atoms with E-state index < -0.39 is 18.1 Å². The molecule has 0 aromatic carbocycles. The molecule has 0 bridgehead atoms. The molecule has 0 aliphatic carbocycles. The number of nitrogens with one attached hydrogen (secondary N) is 1. The standard InChI is InChI=1S/C10H12BrClN2O3/c1-10(17,5-15)4-14-9(16)7-2-6(11)3-13-8(7)12/h2-3,15,17H,4-5H2,1H3,(H,14,16). The van der Waals surface area contributed by atoms with Crippen LogP contribution in [-0.2, 0) is 0 Å². The van der Waals surface area contributed by atoms with Gasteiger partial charge in [-0.1, -0.05) is 11.6 Å². The number of aliphatic hydroxyl groups excluding tert-OH is 1. The Morgan fingerprint density at radius 1 is 1.71 bits per heavy atom. The van der Waals surface area contributed by atoms with Gasteiger partial charge in [-0.05, 0) is 28.9 Å². The van der Waals surface area contributed by atoms with E-state index in [2.05, 4.69) is 26.2 Å². The average Bonchev–Trinajstić information content (AvgIpc) is 2.29. The molecule has 7 heteroatoms. The second kappa shape index (κ2) is 5.77. The summed E-state index contributed by atoms with van der Waals surface area (Å²) >= 11 is 8.95. The molecule has 0 fully saturated rings. The predicted molar refractivity (Wildman–Crippen MR) is 67.0 cm³/mol. The first-order valence-corrected chi connectivity index (χ1v) is 5.95. The molecule has 0 saturated carbocycles. The third-order valence-electron chi connectivity index (χ3n) is 2.02. The van der Waals surface area contributed by atoms with Gasteiger partial charge in [0.2, 0.25) is 0 Å². The molecule has 17 heavy (non-hydrogen) atoms. The lowest BCUT2D eigenvalue weighted by molar-refractivity contribution is 0.00320. The SMILES string of the molecule is CC(O)(CO)CNC(=O)c1cc(Br)cnc1Cl. The van der Waals surface area contributed by atoms with Gasteiger partial charge in [0.05, 0.1) is 12.2 Å². The number of aliphatic hydroxyl groups is 2. The van der Waals surface area contributed by atoms with Crippen LogP contribution in [0.1, 0.15) is 17.3 Å². The first kappa shape index (κ1) is 14.4. The number of halogens is 2. The number of nitrogens with zero attached hydrogens (tertiary/aromatic N) is 1. The van der Waals surface area contributed by atoms with E-state index in [1.807, 2.05) is 0 Å². The van der Waals surface area contributed by atoms with Crippen LogP contribution in [0.25, 0.3) is 0 Å². The number of hydrogen-bond donors (Lipinski definition) is 3. The fraction of sp³-hybridized carbons (Fsp3) is 0.400. The van der Waals surface area contributed by atoms with Crippen LogP contribution >= 0.6 is 27.5 Å². The molecule has 0 aliphatic heterocycles. The summed E-state index contributed by atoms with van der Waals surface area (Å²) in [5, 5.41) is 20.9. The number of aromatic nitrogens is 1. The number of rotatable bonds is 4. The van der Waals surface area contributed by atoms with Crippen molar-refractivity contribution >= 4 is 33.4 Å². The van der Waals surface area contributed by atoms with E-state index in [0.29, 0.717) is 4.47 Å². The monoisotopic (exact) mass is 322 g/mol. The minimum absolute atomic E-state index is 0.0781. The minimum Gasteiger partial charge on any atom is -0.393 e. The summed E-state index contributed by atoms with van der Waals surface area (Å²) in [5.74, 6) is -0.461. The van der Waals surface area contributed by atoms with Gasteiger partial charge in [0, 0.05) is 17.2 Å². The van der Waals surface area contributed by atoms with E-state index in [1.54, 1.807) is 0 Å². The van der Waals surface area contributed by atoms with Crippen molar-refractivity contribution in [1.29, 1.82) is 0 Å². The Bertz CT molecular complexity index is 426. The molecule has 94 valence electrons. The van der Waals surface area contributed by atoms with Crippen LogP contribution in [-0.4, -0.2) is 39.9 Å². The zero-order chi connectivity index (χ0) is 13.1. The van der Waals surface area contributed by atoms with Gasteiger partial charge in [-0.15, -0.1) is 0 Å². The number of hydrogen-bond acceptors (Lipinski definition) is 4. The van der Waals surface area contributed by atoms with Crippen molar-refractivity contribution in [3.8, 4) is 0 Å². The largest absolute Gasteiger partial charge is 0.393 e. The van der Waals surface area contributed by atoms with Crippen LogP contribution < -0.4 is 5.32 Å². The van der Waals surface area contributed by atoms with Gasteiger partial charge in [-0.25, -0.2) is 4.98 Å². The van der Waals surface area contributed by atoms with Crippen molar-refractivity contribution in [1.82, 2.24) is 10.3 Å². The van der Waals surface area contributed by atoms with E-state index in [4.69, 9.17) is 16.7 Å². The Hall–Kier alpha value is -0.690. The highest BCUT2D eigenvalue weighted by molar-refractivity contribution is 9.10. The summed E-state index contributed by atoms with van der Waals surface area (Å²) in [6.45, 7) is 0.886. The van der Waals surface area contributed by atoms with Gasteiger partial charge in [0.25, 0.3) is 5.91 Å². The summed E-state index contributed by atoms with van der Waals surface area (Å²) in [6, 6.07) is 1.53. The molecule has 0 spiro atoms. The van der Waals surface area contributed by atoms with Crippen LogP contribution in [0, 0.1) is 0 Å². The molecule has 1 amide bonds. The molecule has 0 radical (unpaired) electrons. The van der Waals surface area contributed by atoms with E-state index in [1.165, 1.54) is 19.2 Å². The van der Waals surface area contributed by atoms with Crippen molar-refractivity contribution in [2.24, 2.45) is 0 Å². The van der Waals surface area contributed by atoms with Crippen molar-refractivity contribution < 1.29 is 15.0 Å². The molecule has 1 heterocycles. The third-order valence-corrected chi connectivity index (χ3v) is 2.76. The highest BCUT2D eigenvalue weighted by Crippen LogP contribution is 2.17.